The van der Waals surface area contributed by atoms with Crippen molar-refractivity contribution in [2.24, 2.45) is 0 Å². The number of benzene rings is 2. The summed E-state index contributed by atoms with van der Waals surface area (Å²) in [5, 5.41) is 8.68. The maximum absolute atomic E-state index is 12.3. The largest absolute Gasteiger partial charge is 0.494 e. The number of ether oxygens (including phenoxy) is 1. The van der Waals surface area contributed by atoms with Gasteiger partial charge in [0.15, 0.2) is 0 Å². The van der Waals surface area contributed by atoms with E-state index in [1.165, 1.54) is 25.7 Å². The lowest BCUT2D eigenvalue weighted by molar-refractivity contribution is -0.114. The average Bonchev–Trinajstić information content (AvgIpc) is 2.75. The third-order valence-electron chi connectivity index (χ3n) is 4.55. The van der Waals surface area contributed by atoms with Crippen LogP contribution in [0, 0.1) is 0 Å². The molecule has 0 aromatic heterocycles. The molecule has 0 heterocycles. The van der Waals surface area contributed by atoms with E-state index in [1.54, 1.807) is 18.2 Å². The molecule has 0 bridgehead atoms. The minimum Gasteiger partial charge on any atom is -0.494 e. The molecule has 3 N–H and O–H groups in total. The summed E-state index contributed by atoms with van der Waals surface area (Å²) in [5.74, 6) is 0.453. The molecule has 0 aliphatic carbocycles. The highest BCUT2D eigenvalue weighted by Crippen LogP contribution is 2.18. The molecule has 0 fully saturated rings. The molecule has 0 atom stereocenters. The highest BCUT2D eigenvalue weighted by molar-refractivity contribution is 5.96. The molecule has 6 heteroatoms. The van der Waals surface area contributed by atoms with Gasteiger partial charge in [0.25, 0.3) is 5.91 Å². The number of hydrogen-bond acceptors (Lipinski definition) is 4. The van der Waals surface area contributed by atoms with Gasteiger partial charge in [0, 0.05) is 29.5 Å². The van der Waals surface area contributed by atoms with E-state index in [4.69, 9.17) is 4.74 Å². The Hall–Kier alpha value is -3.02. The van der Waals surface area contributed by atoms with Crippen LogP contribution in [-0.4, -0.2) is 31.5 Å². The van der Waals surface area contributed by atoms with Crippen LogP contribution in [0.5, 0.6) is 5.75 Å². The SMILES string of the molecule is CCCCCCCOc1cccc(NC(=O)CNc2cccc(C(=O)NCC)c2)c1. The number of unbranched alkanes of at least 4 members (excludes halogenated alkanes) is 4. The smallest absolute Gasteiger partial charge is 0.251 e. The summed E-state index contributed by atoms with van der Waals surface area (Å²) in [6.45, 7) is 5.43. The number of anilines is 2. The van der Waals surface area contributed by atoms with Crippen molar-refractivity contribution >= 4 is 23.2 Å². The molecule has 2 aromatic carbocycles. The molecule has 0 unspecified atom stereocenters. The van der Waals surface area contributed by atoms with Crippen LogP contribution in [0.1, 0.15) is 56.3 Å². The summed E-state index contributed by atoms with van der Waals surface area (Å²) in [6.07, 6.45) is 5.96. The van der Waals surface area contributed by atoms with E-state index in [0.717, 1.165) is 12.2 Å². The quantitative estimate of drug-likeness (QED) is 0.412. The minimum absolute atomic E-state index is 0.0986. The van der Waals surface area contributed by atoms with Crippen molar-refractivity contribution in [3.8, 4) is 5.75 Å². The Bertz CT molecular complexity index is 808. The molecule has 2 amide bonds. The topological polar surface area (TPSA) is 79.5 Å². The van der Waals surface area contributed by atoms with E-state index >= 15 is 0 Å². The summed E-state index contributed by atoms with van der Waals surface area (Å²) in [5.41, 5.74) is 1.97. The highest BCUT2D eigenvalue weighted by Gasteiger charge is 2.07. The van der Waals surface area contributed by atoms with Gasteiger partial charge in [-0.25, -0.2) is 0 Å². The van der Waals surface area contributed by atoms with Crippen molar-refractivity contribution in [2.75, 3.05) is 30.3 Å². The van der Waals surface area contributed by atoms with Gasteiger partial charge in [0.1, 0.15) is 5.75 Å². The van der Waals surface area contributed by atoms with Gasteiger partial charge in [0.2, 0.25) is 5.91 Å². The first-order valence-electron chi connectivity index (χ1n) is 10.8. The zero-order chi connectivity index (χ0) is 21.6. The summed E-state index contributed by atoms with van der Waals surface area (Å²) >= 11 is 0. The second-order valence-electron chi connectivity index (χ2n) is 7.13. The third-order valence-corrected chi connectivity index (χ3v) is 4.55. The van der Waals surface area contributed by atoms with Crippen molar-refractivity contribution in [2.45, 2.75) is 46.0 Å². The fourth-order valence-electron chi connectivity index (χ4n) is 2.98. The molecule has 2 aromatic rings. The fraction of sp³-hybridized carbons (Fsp3) is 0.417. The lowest BCUT2D eigenvalue weighted by Crippen LogP contribution is -2.23. The predicted octanol–water partition coefficient (Wildman–Crippen LogP) is 4.84. The van der Waals surface area contributed by atoms with Crippen LogP contribution in [0.2, 0.25) is 0 Å². The third kappa shape index (κ3) is 8.55. The summed E-state index contributed by atoms with van der Waals surface area (Å²) in [6, 6.07) is 14.5. The molecule has 0 radical (unpaired) electrons. The number of hydrogen-bond donors (Lipinski definition) is 3. The van der Waals surface area contributed by atoms with Crippen molar-refractivity contribution in [1.82, 2.24) is 5.32 Å². The zero-order valence-electron chi connectivity index (χ0n) is 18.0. The predicted molar refractivity (Wildman–Crippen MR) is 122 cm³/mol. The van der Waals surface area contributed by atoms with Gasteiger partial charge in [-0.05, 0) is 43.7 Å². The van der Waals surface area contributed by atoms with Gasteiger partial charge in [-0.2, -0.15) is 0 Å². The Labute approximate surface area is 179 Å². The van der Waals surface area contributed by atoms with Crippen molar-refractivity contribution in [3.05, 3.63) is 54.1 Å². The number of rotatable bonds is 13. The van der Waals surface area contributed by atoms with E-state index < -0.39 is 0 Å². The van der Waals surface area contributed by atoms with Crippen molar-refractivity contribution < 1.29 is 14.3 Å². The van der Waals surface area contributed by atoms with Gasteiger partial charge in [0.05, 0.1) is 13.2 Å². The second-order valence-corrected chi connectivity index (χ2v) is 7.13. The van der Waals surface area contributed by atoms with E-state index in [9.17, 15) is 9.59 Å². The Morgan fingerprint density at radius 3 is 2.47 bits per heavy atom. The summed E-state index contributed by atoms with van der Waals surface area (Å²) < 4.78 is 5.79. The monoisotopic (exact) mass is 411 g/mol. The van der Waals surface area contributed by atoms with Gasteiger partial charge >= 0.3 is 0 Å². The van der Waals surface area contributed by atoms with Crippen LogP contribution in [0.15, 0.2) is 48.5 Å². The molecule has 0 saturated heterocycles. The molecule has 0 spiro atoms. The zero-order valence-corrected chi connectivity index (χ0v) is 18.0. The van der Waals surface area contributed by atoms with Gasteiger partial charge in [-0.1, -0.05) is 44.7 Å². The second kappa shape index (κ2) is 13.2. The molecule has 0 saturated carbocycles. The highest BCUT2D eigenvalue weighted by atomic mass is 16.5. The number of carbonyl (C=O) groups excluding carboxylic acids is 2. The average molecular weight is 412 g/mol. The van der Waals surface area contributed by atoms with Crippen LogP contribution in [0.3, 0.4) is 0 Å². The number of carbonyl (C=O) groups is 2. The maximum Gasteiger partial charge on any atom is 0.251 e. The van der Waals surface area contributed by atoms with Crippen LogP contribution < -0.4 is 20.7 Å². The standard InChI is InChI=1S/C24H33N3O3/c1-3-5-6-7-8-15-30-22-14-10-13-21(17-22)27-23(28)18-26-20-12-9-11-19(16-20)24(29)25-4-2/h9-14,16-17,26H,3-8,15,18H2,1-2H3,(H,25,29)(H,27,28). The maximum atomic E-state index is 12.3. The van der Waals surface area contributed by atoms with Gasteiger partial charge < -0.3 is 20.7 Å². The molecule has 0 aliphatic heterocycles. The normalized spacial score (nSPS) is 10.3. The first-order valence-corrected chi connectivity index (χ1v) is 10.8. The van der Waals surface area contributed by atoms with Crippen LogP contribution in [0.25, 0.3) is 0 Å². The number of amides is 2. The Morgan fingerprint density at radius 1 is 0.900 bits per heavy atom. The van der Waals surface area contributed by atoms with Gasteiger partial charge in [-0.15, -0.1) is 0 Å². The lowest BCUT2D eigenvalue weighted by Gasteiger charge is -2.11. The summed E-state index contributed by atoms with van der Waals surface area (Å²) in [7, 11) is 0. The first kappa shape index (κ1) is 23.3. The van der Waals surface area contributed by atoms with Gasteiger partial charge in [-0.3, -0.25) is 9.59 Å². The molecule has 30 heavy (non-hydrogen) atoms. The molecule has 6 nitrogen and oxygen atoms in total. The minimum atomic E-state index is -0.171. The molecular formula is C24H33N3O3. The molecule has 0 aliphatic rings. The van der Waals surface area contributed by atoms with Crippen LogP contribution in [-0.2, 0) is 4.79 Å². The van der Waals surface area contributed by atoms with Crippen molar-refractivity contribution in [1.29, 1.82) is 0 Å². The molecule has 162 valence electrons. The van der Waals surface area contributed by atoms with E-state index in [0.29, 0.717) is 30.1 Å². The number of nitrogens with one attached hydrogen (secondary N) is 3. The lowest BCUT2D eigenvalue weighted by atomic mass is 10.2. The first-order chi connectivity index (χ1) is 14.6. The van der Waals surface area contributed by atoms with E-state index in [1.807, 2.05) is 37.3 Å². The van der Waals surface area contributed by atoms with Crippen LogP contribution >= 0.6 is 0 Å². The Kier molecular flexibility index (Phi) is 10.3. The van der Waals surface area contributed by atoms with Crippen LogP contribution in [0.4, 0.5) is 11.4 Å². The van der Waals surface area contributed by atoms with E-state index in [-0.39, 0.29) is 18.4 Å². The Morgan fingerprint density at radius 2 is 1.67 bits per heavy atom. The molecular weight excluding hydrogens is 378 g/mol. The fourth-order valence-corrected chi connectivity index (χ4v) is 2.98. The Balaban J connectivity index is 1.78. The van der Waals surface area contributed by atoms with Crippen molar-refractivity contribution in [3.63, 3.8) is 0 Å². The summed E-state index contributed by atoms with van der Waals surface area (Å²) in [4.78, 5) is 24.2. The molecule has 2 rings (SSSR count). The van der Waals surface area contributed by atoms with E-state index in [2.05, 4.69) is 22.9 Å².